The molecule has 24 nitrogen and oxygen atoms in total. The number of nitrogens with one attached hydrogen (secondary N) is 9. The van der Waals surface area contributed by atoms with Crippen LogP contribution in [0, 0.1) is 5.92 Å². The molecule has 24 heteroatoms. The lowest BCUT2D eigenvalue weighted by Crippen LogP contribution is -2.52. The third-order valence-corrected chi connectivity index (χ3v) is 16.3. The standard InChI is InChI=1S/C75H145N11O13/c1-15-17-19-21-23-25-27-29-31-33-35-37-45-59(64(88)83-60(46-38-41-49-76)65(89)77-50-42-36-34-32-30-28-26-24-22-20-18-16-2)63(87)78-53-56-86(57-54-79-66(90)61(84-70(94)98-74(9,10)11)47-39-43-51-81-68(92)96-72(3,4)5)58-55-80-67(91)62(85-71(95)99-75(12,13)14)48-40-44-52-82-69(93)97-73(6,7)8/h59-62H,15-58,76H2,1-14H3,(H,77,89)(H,78,87)(H,79,90)(H,80,91)(H,81,92)(H,82,93)(H,83,88)(H,84,94)(H,85,95)/t59?,60-,61-,62-/m0/s1. The van der Waals surface area contributed by atoms with Gasteiger partial charge in [-0.15, -0.1) is 0 Å². The molecule has 99 heavy (non-hydrogen) atoms. The quantitative estimate of drug-likeness (QED) is 0.0154. The summed E-state index contributed by atoms with van der Waals surface area (Å²) >= 11 is 0. The summed E-state index contributed by atoms with van der Waals surface area (Å²) in [5.41, 5.74) is 2.85. The zero-order chi connectivity index (χ0) is 74.4. The van der Waals surface area contributed by atoms with E-state index in [-0.39, 0.29) is 77.5 Å². The van der Waals surface area contributed by atoms with Gasteiger partial charge in [0.1, 0.15) is 46.4 Å². The zero-order valence-electron chi connectivity index (χ0n) is 64.8. The van der Waals surface area contributed by atoms with Crippen molar-refractivity contribution in [2.75, 3.05) is 65.4 Å². The van der Waals surface area contributed by atoms with Crippen LogP contribution in [0.3, 0.4) is 0 Å². The van der Waals surface area contributed by atoms with Crippen LogP contribution in [0.15, 0.2) is 0 Å². The number of rotatable bonds is 57. The normalized spacial score (nSPS) is 13.1. The van der Waals surface area contributed by atoms with Gasteiger partial charge in [-0.2, -0.15) is 0 Å². The first-order valence-electron chi connectivity index (χ1n) is 38.6. The van der Waals surface area contributed by atoms with Crippen molar-refractivity contribution in [3.05, 3.63) is 0 Å². The lowest BCUT2D eigenvalue weighted by molar-refractivity contribution is -0.138. The number of ether oxygens (including phenoxy) is 4. The number of carbonyl (C=O) groups excluding carboxylic acids is 9. The third-order valence-electron chi connectivity index (χ3n) is 16.3. The Kier molecular flexibility index (Phi) is 52.8. The van der Waals surface area contributed by atoms with Gasteiger partial charge in [0, 0.05) is 58.9 Å². The summed E-state index contributed by atoms with van der Waals surface area (Å²) < 4.78 is 21.7. The molecule has 0 bridgehead atoms. The smallest absolute Gasteiger partial charge is 0.408 e. The van der Waals surface area contributed by atoms with Crippen LogP contribution in [0.25, 0.3) is 0 Å². The Labute approximate surface area is 599 Å². The molecular formula is C75H145N11O13. The van der Waals surface area contributed by atoms with Gasteiger partial charge in [-0.3, -0.25) is 28.9 Å². The van der Waals surface area contributed by atoms with Gasteiger partial charge in [0.05, 0.1) is 0 Å². The first-order valence-corrected chi connectivity index (χ1v) is 38.6. The molecule has 0 saturated carbocycles. The summed E-state index contributed by atoms with van der Waals surface area (Å²) in [6, 6.07) is -2.86. The van der Waals surface area contributed by atoms with E-state index in [1.165, 1.54) is 103 Å². The van der Waals surface area contributed by atoms with Crippen molar-refractivity contribution in [1.82, 2.24) is 52.8 Å². The van der Waals surface area contributed by atoms with Gasteiger partial charge in [-0.1, -0.05) is 162 Å². The van der Waals surface area contributed by atoms with Crippen LogP contribution >= 0.6 is 0 Å². The highest BCUT2D eigenvalue weighted by Crippen LogP contribution is 2.19. The van der Waals surface area contributed by atoms with Crippen molar-refractivity contribution in [3.8, 4) is 0 Å². The monoisotopic (exact) mass is 1410 g/mol. The van der Waals surface area contributed by atoms with Crippen molar-refractivity contribution in [2.45, 2.75) is 356 Å². The molecule has 4 atom stereocenters. The molecule has 0 fully saturated rings. The molecule has 1 unspecified atom stereocenters. The average Bonchev–Trinajstić information content (AvgIpc) is 0.899. The Morgan fingerprint density at radius 2 is 0.556 bits per heavy atom. The second-order valence-electron chi connectivity index (χ2n) is 30.7. The SMILES string of the molecule is CCCCCCCCCCCCCCNC(=O)[C@H](CCCCN)NC(=O)C(CCCCCCCCCCCCCC)C(=O)NCCN(CCNC(=O)[C@H](CCCCNC(=O)OC(C)(C)C)NC(=O)OC(C)(C)C)CCNC(=O)[C@H](CCCCNC(=O)OC(C)(C)C)NC(=O)OC(C)(C)C. The van der Waals surface area contributed by atoms with Crippen molar-refractivity contribution in [3.63, 3.8) is 0 Å². The van der Waals surface area contributed by atoms with Crippen LogP contribution in [0.4, 0.5) is 19.2 Å². The first-order chi connectivity index (χ1) is 46.8. The van der Waals surface area contributed by atoms with Gasteiger partial charge >= 0.3 is 24.4 Å². The fourth-order valence-corrected chi connectivity index (χ4v) is 11.0. The van der Waals surface area contributed by atoms with Crippen LogP contribution in [-0.4, -0.2) is 165 Å². The Hall–Kier alpha value is -5.65. The maximum Gasteiger partial charge on any atom is 0.408 e. The van der Waals surface area contributed by atoms with E-state index < -0.39 is 94.4 Å². The third kappa shape index (κ3) is 57.7. The molecule has 0 rings (SSSR count). The minimum absolute atomic E-state index is 0.0721. The van der Waals surface area contributed by atoms with E-state index in [2.05, 4.69) is 61.7 Å². The van der Waals surface area contributed by atoms with E-state index in [1.54, 1.807) is 83.1 Å². The topological polar surface area (TPSA) is 328 Å². The predicted molar refractivity (Wildman–Crippen MR) is 396 cm³/mol. The lowest BCUT2D eigenvalue weighted by atomic mass is 9.97. The minimum Gasteiger partial charge on any atom is -0.444 e. The molecule has 0 radical (unpaired) electrons. The Morgan fingerprint density at radius 1 is 0.293 bits per heavy atom. The summed E-state index contributed by atoms with van der Waals surface area (Å²) in [5, 5.41) is 25.8. The molecule has 0 aliphatic rings. The second kappa shape index (κ2) is 56.0. The Bertz CT molecular complexity index is 2110. The van der Waals surface area contributed by atoms with Crippen molar-refractivity contribution in [1.29, 1.82) is 0 Å². The minimum atomic E-state index is -1.09. The van der Waals surface area contributed by atoms with Crippen molar-refractivity contribution >= 4 is 53.9 Å². The van der Waals surface area contributed by atoms with Crippen molar-refractivity contribution < 1.29 is 62.1 Å². The van der Waals surface area contributed by atoms with Gasteiger partial charge in [-0.05, 0) is 160 Å². The van der Waals surface area contributed by atoms with E-state index in [0.29, 0.717) is 64.5 Å². The zero-order valence-corrected chi connectivity index (χ0v) is 64.8. The molecular weight excluding hydrogens is 1260 g/mol. The Balaban J connectivity index is 6.71. The molecule has 0 aromatic rings. The predicted octanol–water partition coefficient (Wildman–Crippen LogP) is 13.0. The van der Waals surface area contributed by atoms with E-state index in [4.69, 9.17) is 24.7 Å². The number of hydrogen-bond donors (Lipinski definition) is 10. The van der Waals surface area contributed by atoms with E-state index in [1.807, 2.05) is 4.90 Å². The van der Waals surface area contributed by atoms with E-state index >= 15 is 0 Å². The van der Waals surface area contributed by atoms with Gasteiger partial charge in [0.25, 0.3) is 0 Å². The highest BCUT2D eigenvalue weighted by Gasteiger charge is 2.31. The highest BCUT2D eigenvalue weighted by molar-refractivity contribution is 6.01. The average molecular weight is 1410 g/mol. The molecule has 0 aromatic carbocycles. The van der Waals surface area contributed by atoms with E-state index in [9.17, 15) is 43.2 Å². The molecule has 0 aliphatic carbocycles. The largest absolute Gasteiger partial charge is 0.444 e. The van der Waals surface area contributed by atoms with Crippen LogP contribution in [0.2, 0.25) is 0 Å². The molecule has 0 aromatic heterocycles. The summed E-state index contributed by atoms with van der Waals surface area (Å²) in [6.45, 7) is 27.7. The molecule has 0 heterocycles. The summed E-state index contributed by atoms with van der Waals surface area (Å²) in [4.78, 5) is 124. The van der Waals surface area contributed by atoms with Gasteiger partial charge in [-0.25, -0.2) is 19.2 Å². The van der Waals surface area contributed by atoms with Crippen LogP contribution in [-0.2, 0) is 42.9 Å². The number of unbranched alkanes of at least 4 members (excludes halogenated alkanes) is 25. The van der Waals surface area contributed by atoms with Crippen molar-refractivity contribution in [2.24, 2.45) is 11.7 Å². The number of carbonyl (C=O) groups is 9. The molecule has 578 valence electrons. The summed E-state index contributed by atoms with van der Waals surface area (Å²) in [7, 11) is 0. The summed E-state index contributed by atoms with van der Waals surface area (Å²) in [5.74, 6) is -3.33. The molecule has 9 amide bonds. The molecule has 0 aliphatic heterocycles. The number of nitrogens with two attached hydrogens (primary N) is 1. The Morgan fingerprint density at radius 3 is 0.899 bits per heavy atom. The van der Waals surface area contributed by atoms with Crippen LogP contribution in [0.1, 0.15) is 315 Å². The number of nitrogens with zero attached hydrogens (tertiary/aromatic N) is 1. The van der Waals surface area contributed by atoms with Gasteiger partial charge in [0.15, 0.2) is 0 Å². The lowest BCUT2D eigenvalue weighted by Gasteiger charge is -2.26. The van der Waals surface area contributed by atoms with Crippen LogP contribution in [0.5, 0.6) is 0 Å². The van der Waals surface area contributed by atoms with E-state index in [0.717, 1.165) is 44.9 Å². The number of hydrogen-bond acceptors (Lipinski definition) is 15. The molecule has 0 spiro atoms. The molecule has 0 saturated heterocycles. The number of amides is 9. The number of alkyl carbamates (subject to hydrolysis) is 4. The fourth-order valence-electron chi connectivity index (χ4n) is 11.0. The maximum atomic E-state index is 14.5. The fraction of sp³-hybridized carbons (Fsp3) is 0.880. The maximum absolute atomic E-state index is 14.5. The van der Waals surface area contributed by atoms with Crippen LogP contribution < -0.4 is 53.6 Å². The van der Waals surface area contributed by atoms with Gasteiger partial charge < -0.3 is 72.5 Å². The first kappa shape index (κ1) is 93.3. The highest BCUT2D eigenvalue weighted by atomic mass is 16.6. The second-order valence-corrected chi connectivity index (χ2v) is 30.7. The van der Waals surface area contributed by atoms with Gasteiger partial charge in [0.2, 0.25) is 29.5 Å². The summed E-state index contributed by atoms with van der Waals surface area (Å²) in [6.07, 6.45) is 29.4. The molecule has 11 N–H and O–H groups in total.